The van der Waals surface area contributed by atoms with Crippen molar-refractivity contribution in [1.29, 1.82) is 0 Å². The molecule has 1 aliphatic heterocycles. The van der Waals surface area contributed by atoms with Crippen molar-refractivity contribution in [3.05, 3.63) is 11.6 Å². The summed E-state index contributed by atoms with van der Waals surface area (Å²) in [6.45, 7) is 2.67. The maximum absolute atomic E-state index is 5.62. The van der Waals surface area contributed by atoms with Gasteiger partial charge in [-0.2, -0.15) is 5.10 Å². The first-order chi connectivity index (χ1) is 7.42. The monoisotopic (exact) mass is 208 g/mol. The van der Waals surface area contributed by atoms with Gasteiger partial charge in [-0.25, -0.2) is 4.98 Å². The third kappa shape index (κ3) is 2.18. The van der Waals surface area contributed by atoms with E-state index >= 15 is 0 Å². The van der Waals surface area contributed by atoms with Crippen LogP contribution in [0.15, 0.2) is 0 Å². The van der Waals surface area contributed by atoms with E-state index in [0.29, 0.717) is 5.92 Å². The normalized spacial score (nSPS) is 26.8. The molecule has 82 valence electrons. The second-order valence-electron chi connectivity index (χ2n) is 4.32. The summed E-state index contributed by atoms with van der Waals surface area (Å²) in [5, 5.41) is 10.5. The Balaban J connectivity index is 1.60. The first kappa shape index (κ1) is 9.30. The van der Waals surface area contributed by atoms with Crippen molar-refractivity contribution in [1.82, 2.24) is 20.5 Å². The predicted molar refractivity (Wildman–Crippen MR) is 54.7 cm³/mol. The summed E-state index contributed by atoms with van der Waals surface area (Å²) in [5.74, 6) is 2.58. The molecule has 0 spiro atoms. The molecule has 1 atom stereocenters. The van der Waals surface area contributed by atoms with E-state index in [1.807, 2.05) is 0 Å². The van der Waals surface area contributed by atoms with Gasteiger partial charge in [-0.3, -0.25) is 5.10 Å². The smallest absolute Gasteiger partial charge is 0.153 e. The Morgan fingerprint density at radius 1 is 1.40 bits per heavy atom. The minimum Gasteiger partial charge on any atom is -0.375 e. The highest BCUT2D eigenvalue weighted by molar-refractivity contribution is 5.05. The second kappa shape index (κ2) is 3.90. The summed E-state index contributed by atoms with van der Waals surface area (Å²) in [4.78, 5) is 4.49. The fourth-order valence-electron chi connectivity index (χ4n) is 1.89. The molecule has 5 nitrogen and oxygen atoms in total. The van der Waals surface area contributed by atoms with E-state index in [2.05, 4.69) is 20.5 Å². The fourth-order valence-corrected chi connectivity index (χ4v) is 1.89. The van der Waals surface area contributed by atoms with Crippen molar-refractivity contribution in [3.8, 4) is 0 Å². The maximum atomic E-state index is 5.62. The summed E-state index contributed by atoms with van der Waals surface area (Å²) in [7, 11) is 0. The molecule has 3 rings (SSSR count). The molecule has 1 aromatic rings. The molecular weight excluding hydrogens is 192 g/mol. The van der Waals surface area contributed by atoms with Gasteiger partial charge < -0.3 is 10.1 Å². The Hall–Kier alpha value is -0.940. The number of nitrogens with one attached hydrogen (secondary N) is 2. The van der Waals surface area contributed by atoms with E-state index in [4.69, 9.17) is 4.74 Å². The number of hydrogen-bond donors (Lipinski definition) is 2. The number of hydrogen-bond acceptors (Lipinski definition) is 4. The molecule has 15 heavy (non-hydrogen) atoms. The van der Waals surface area contributed by atoms with Crippen LogP contribution < -0.4 is 5.32 Å². The molecule has 2 N–H and O–H groups in total. The summed E-state index contributed by atoms with van der Waals surface area (Å²) in [5.41, 5.74) is 0. The Labute approximate surface area is 88.6 Å². The van der Waals surface area contributed by atoms with Crippen LogP contribution in [0.3, 0.4) is 0 Å². The van der Waals surface area contributed by atoms with Crippen LogP contribution in [0.2, 0.25) is 0 Å². The molecule has 2 aliphatic rings. The minimum atomic E-state index is 0.249. The van der Waals surface area contributed by atoms with Crippen molar-refractivity contribution in [2.24, 2.45) is 0 Å². The van der Waals surface area contributed by atoms with Crippen molar-refractivity contribution in [3.63, 3.8) is 0 Å². The van der Waals surface area contributed by atoms with E-state index in [0.717, 1.165) is 37.8 Å². The van der Waals surface area contributed by atoms with Crippen molar-refractivity contribution < 1.29 is 4.74 Å². The molecule has 0 aromatic carbocycles. The topological polar surface area (TPSA) is 62.8 Å². The number of rotatable bonds is 3. The van der Waals surface area contributed by atoms with Crippen LogP contribution in [-0.2, 0) is 11.2 Å². The maximum Gasteiger partial charge on any atom is 0.153 e. The van der Waals surface area contributed by atoms with Gasteiger partial charge in [-0.05, 0) is 12.8 Å². The summed E-state index contributed by atoms with van der Waals surface area (Å²) < 4.78 is 5.62. The lowest BCUT2D eigenvalue weighted by Crippen LogP contribution is -2.39. The summed E-state index contributed by atoms with van der Waals surface area (Å²) in [6.07, 6.45) is 3.59. The van der Waals surface area contributed by atoms with Crippen LogP contribution in [0.1, 0.15) is 30.4 Å². The molecule has 5 heteroatoms. The molecule has 1 aliphatic carbocycles. The summed E-state index contributed by atoms with van der Waals surface area (Å²) >= 11 is 0. The highest BCUT2D eigenvalue weighted by atomic mass is 16.5. The number of nitrogens with zero attached hydrogens (tertiary/aromatic N) is 2. The van der Waals surface area contributed by atoms with Gasteiger partial charge >= 0.3 is 0 Å². The number of ether oxygens (including phenoxy) is 1. The van der Waals surface area contributed by atoms with E-state index in [1.54, 1.807) is 0 Å². The van der Waals surface area contributed by atoms with Crippen LogP contribution in [0.4, 0.5) is 0 Å². The minimum absolute atomic E-state index is 0.249. The lowest BCUT2D eigenvalue weighted by molar-refractivity contribution is 0.0281. The van der Waals surface area contributed by atoms with Gasteiger partial charge in [0.2, 0.25) is 0 Å². The lowest BCUT2D eigenvalue weighted by Gasteiger charge is -2.22. The highest BCUT2D eigenvalue weighted by Gasteiger charge is 2.28. The van der Waals surface area contributed by atoms with Crippen molar-refractivity contribution in [2.45, 2.75) is 31.3 Å². The molecule has 1 saturated carbocycles. The Kier molecular flexibility index (Phi) is 2.42. The molecule has 2 heterocycles. The van der Waals surface area contributed by atoms with E-state index in [-0.39, 0.29) is 6.10 Å². The number of H-pyrrole nitrogens is 1. The van der Waals surface area contributed by atoms with Crippen molar-refractivity contribution >= 4 is 0 Å². The van der Waals surface area contributed by atoms with Gasteiger partial charge in [0.25, 0.3) is 0 Å². The highest BCUT2D eigenvalue weighted by Crippen LogP contribution is 2.37. The first-order valence-electron chi connectivity index (χ1n) is 5.65. The molecule has 0 radical (unpaired) electrons. The third-order valence-electron chi connectivity index (χ3n) is 2.92. The molecule has 0 amide bonds. The van der Waals surface area contributed by atoms with Crippen LogP contribution in [0.25, 0.3) is 0 Å². The molecule has 2 fully saturated rings. The Bertz CT molecular complexity index is 328. The number of morpholine rings is 1. The fraction of sp³-hybridized carbons (Fsp3) is 0.800. The van der Waals surface area contributed by atoms with Crippen LogP contribution >= 0.6 is 0 Å². The zero-order chi connectivity index (χ0) is 10.1. The summed E-state index contributed by atoms with van der Waals surface area (Å²) in [6, 6.07) is 0. The zero-order valence-electron chi connectivity index (χ0n) is 8.70. The van der Waals surface area contributed by atoms with Crippen LogP contribution in [0, 0.1) is 0 Å². The predicted octanol–water partition coefficient (Wildman–Crippen LogP) is 0.213. The van der Waals surface area contributed by atoms with Crippen molar-refractivity contribution in [2.75, 3.05) is 19.7 Å². The van der Waals surface area contributed by atoms with Gasteiger partial charge in [0.05, 0.1) is 12.7 Å². The number of aromatic amines is 1. The van der Waals surface area contributed by atoms with E-state index in [1.165, 1.54) is 12.8 Å². The molecule has 1 saturated heterocycles. The van der Waals surface area contributed by atoms with Gasteiger partial charge in [-0.1, -0.05) is 0 Å². The standard InChI is InChI=1S/C10H16N4O/c1-2-7(1)10-12-9(13-14-10)5-8-6-11-3-4-15-8/h7-8,11H,1-6H2,(H,12,13,14). The Morgan fingerprint density at radius 3 is 3.07 bits per heavy atom. The average molecular weight is 208 g/mol. The number of aromatic nitrogens is 3. The molecule has 1 aromatic heterocycles. The lowest BCUT2D eigenvalue weighted by atomic mass is 10.2. The molecule has 0 bridgehead atoms. The quantitative estimate of drug-likeness (QED) is 0.745. The largest absolute Gasteiger partial charge is 0.375 e. The van der Waals surface area contributed by atoms with Gasteiger partial charge in [0.15, 0.2) is 5.82 Å². The van der Waals surface area contributed by atoms with Gasteiger partial charge in [0, 0.05) is 25.4 Å². The van der Waals surface area contributed by atoms with E-state index in [9.17, 15) is 0 Å². The molecule has 1 unspecified atom stereocenters. The van der Waals surface area contributed by atoms with Crippen LogP contribution in [-0.4, -0.2) is 41.0 Å². The first-order valence-corrected chi connectivity index (χ1v) is 5.65. The Morgan fingerprint density at radius 2 is 2.33 bits per heavy atom. The third-order valence-corrected chi connectivity index (χ3v) is 2.92. The van der Waals surface area contributed by atoms with Gasteiger partial charge in [0.1, 0.15) is 5.82 Å². The van der Waals surface area contributed by atoms with E-state index < -0.39 is 0 Å². The van der Waals surface area contributed by atoms with Crippen LogP contribution in [0.5, 0.6) is 0 Å². The SMILES string of the molecule is C1COC(Cc2nc(C3CC3)n[nH]2)CN1. The average Bonchev–Trinajstić information content (AvgIpc) is 3.02. The second-order valence-corrected chi connectivity index (χ2v) is 4.32. The van der Waals surface area contributed by atoms with Gasteiger partial charge in [-0.15, -0.1) is 0 Å². The zero-order valence-corrected chi connectivity index (χ0v) is 8.70. The molecular formula is C10H16N4O.